The molecule has 0 bridgehead atoms. The van der Waals surface area contributed by atoms with Crippen LogP contribution in [0.3, 0.4) is 0 Å². The molecule has 34 heavy (non-hydrogen) atoms. The van der Waals surface area contributed by atoms with Crippen molar-refractivity contribution in [3.05, 3.63) is 107 Å². The van der Waals surface area contributed by atoms with Crippen LogP contribution < -0.4 is 15.4 Å². The Morgan fingerprint density at radius 2 is 1.53 bits per heavy atom. The van der Waals surface area contributed by atoms with Crippen molar-refractivity contribution in [2.45, 2.75) is 20.4 Å². The molecule has 1 heterocycles. The molecule has 0 saturated carbocycles. The largest absolute Gasteiger partial charge is 0.484 e. The number of aromatic nitrogens is 2. The van der Waals surface area contributed by atoms with Crippen LogP contribution >= 0.6 is 0 Å². The first-order chi connectivity index (χ1) is 16.5. The van der Waals surface area contributed by atoms with E-state index >= 15 is 0 Å². The molecule has 172 valence electrons. The highest BCUT2D eigenvalue weighted by Crippen LogP contribution is 2.21. The molecule has 2 amide bonds. The van der Waals surface area contributed by atoms with E-state index in [1.54, 1.807) is 36.4 Å². The number of rotatable bonds is 8. The lowest BCUT2D eigenvalue weighted by atomic mass is 10.1. The molecule has 0 aliphatic rings. The van der Waals surface area contributed by atoms with E-state index in [2.05, 4.69) is 15.7 Å². The Labute approximate surface area is 198 Å². The van der Waals surface area contributed by atoms with Crippen LogP contribution in [0, 0.1) is 13.8 Å². The number of aryl methyl sites for hydroxylation is 1. The number of carbonyl (C=O) groups excluding carboxylic acids is 2. The van der Waals surface area contributed by atoms with Crippen molar-refractivity contribution in [3.8, 4) is 5.75 Å². The second kappa shape index (κ2) is 10.5. The molecular weight excluding hydrogens is 428 g/mol. The number of benzene rings is 3. The van der Waals surface area contributed by atoms with E-state index in [9.17, 15) is 9.59 Å². The summed E-state index contributed by atoms with van der Waals surface area (Å²) in [7, 11) is 0. The molecule has 0 unspecified atom stereocenters. The lowest BCUT2D eigenvalue weighted by Gasteiger charge is -2.10. The molecule has 0 fully saturated rings. The molecular formula is C27H26N4O3. The van der Waals surface area contributed by atoms with Gasteiger partial charge >= 0.3 is 0 Å². The zero-order valence-corrected chi connectivity index (χ0v) is 19.1. The van der Waals surface area contributed by atoms with Crippen molar-refractivity contribution < 1.29 is 14.3 Å². The molecule has 3 aromatic carbocycles. The van der Waals surface area contributed by atoms with Gasteiger partial charge in [-0.15, -0.1) is 0 Å². The quantitative estimate of drug-likeness (QED) is 0.400. The minimum absolute atomic E-state index is 0.142. The Morgan fingerprint density at radius 3 is 2.26 bits per heavy atom. The van der Waals surface area contributed by atoms with Crippen molar-refractivity contribution in [1.29, 1.82) is 0 Å². The summed E-state index contributed by atoms with van der Waals surface area (Å²) in [5.41, 5.74) is 4.39. The summed E-state index contributed by atoms with van der Waals surface area (Å²) in [6.07, 6.45) is 0. The maximum Gasteiger partial charge on any atom is 0.262 e. The summed E-state index contributed by atoms with van der Waals surface area (Å²) in [4.78, 5) is 25.2. The predicted octanol–water partition coefficient (Wildman–Crippen LogP) is 4.82. The molecule has 0 spiro atoms. The molecule has 0 aliphatic heterocycles. The van der Waals surface area contributed by atoms with Crippen molar-refractivity contribution >= 4 is 23.2 Å². The number of nitrogens with one attached hydrogen (secondary N) is 2. The van der Waals surface area contributed by atoms with Gasteiger partial charge in [0.2, 0.25) is 0 Å². The van der Waals surface area contributed by atoms with Crippen LogP contribution in [-0.4, -0.2) is 28.2 Å². The van der Waals surface area contributed by atoms with Crippen molar-refractivity contribution in [2.24, 2.45) is 0 Å². The number of hydrogen-bond acceptors (Lipinski definition) is 4. The third-order valence-electron chi connectivity index (χ3n) is 5.30. The number of para-hydroxylation sites is 1. The number of nitrogens with zero attached hydrogens (tertiary/aromatic N) is 2. The van der Waals surface area contributed by atoms with E-state index in [0.717, 1.165) is 11.3 Å². The SMILES string of the molecule is Cc1nn(Cc2ccccc2)c(C)c1C(=O)Nc1cccc(OCC(=O)Nc2ccccc2)c1. The molecule has 0 radical (unpaired) electrons. The fourth-order valence-corrected chi connectivity index (χ4v) is 3.66. The van der Waals surface area contributed by atoms with E-state index in [-0.39, 0.29) is 18.4 Å². The number of hydrogen-bond donors (Lipinski definition) is 2. The zero-order chi connectivity index (χ0) is 23.9. The highest BCUT2D eigenvalue weighted by Gasteiger charge is 2.19. The van der Waals surface area contributed by atoms with Gasteiger partial charge in [-0.2, -0.15) is 5.10 Å². The minimum Gasteiger partial charge on any atom is -0.484 e. The van der Waals surface area contributed by atoms with Gasteiger partial charge in [0.1, 0.15) is 5.75 Å². The van der Waals surface area contributed by atoms with E-state index in [1.165, 1.54) is 0 Å². The normalized spacial score (nSPS) is 10.5. The van der Waals surface area contributed by atoms with E-state index in [4.69, 9.17) is 4.74 Å². The summed E-state index contributed by atoms with van der Waals surface area (Å²) in [6.45, 7) is 4.17. The molecule has 4 rings (SSSR count). The zero-order valence-electron chi connectivity index (χ0n) is 19.1. The maximum absolute atomic E-state index is 13.0. The van der Waals surface area contributed by atoms with Gasteiger partial charge in [0.05, 0.1) is 17.8 Å². The van der Waals surface area contributed by atoms with Gasteiger partial charge in [-0.1, -0.05) is 54.6 Å². The molecule has 2 N–H and O–H groups in total. The summed E-state index contributed by atoms with van der Waals surface area (Å²) in [5, 5.41) is 10.2. The second-order valence-electron chi connectivity index (χ2n) is 7.87. The Hall–Kier alpha value is -4.39. The summed E-state index contributed by atoms with van der Waals surface area (Å²) in [6, 6.07) is 26.1. The average molecular weight is 455 g/mol. The number of amides is 2. The Bertz CT molecular complexity index is 1280. The van der Waals surface area contributed by atoms with E-state index < -0.39 is 0 Å². The predicted molar refractivity (Wildman–Crippen MR) is 132 cm³/mol. The van der Waals surface area contributed by atoms with Gasteiger partial charge in [-0.05, 0) is 43.7 Å². The molecule has 7 nitrogen and oxygen atoms in total. The molecule has 0 aliphatic carbocycles. The van der Waals surface area contributed by atoms with Crippen molar-refractivity contribution in [1.82, 2.24) is 9.78 Å². The molecule has 7 heteroatoms. The molecule has 4 aromatic rings. The van der Waals surface area contributed by atoms with Crippen LogP contribution in [0.1, 0.15) is 27.3 Å². The number of carbonyl (C=O) groups is 2. The Balaban J connectivity index is 1.39. The van der Waals surface area contributed by atoms with Gasteiger partial charge < -0.3 is 15.4 Å². The highest BCUT2D eigenvalue weighted by atomic mass is 16.5. The van der Waals surface area contributed by atoms with Crippen LogP contribution in [0.25, 0.3) is 0 Å². The van der Waals surface area contributed by atoms with E-state index in [1.807, 2.05) is 67.1 Å². The van der Waals surface area contributed by atoms with Gasteiger partial charge in [0.25, 0.3) is 11.8 Å². The van der Waals surface area contributed by atoms with Crippen molar-refractivity contribution in [3.63, 3.8) is 0 Å². The fourth-order valence-electron chi connectivity index (χ4n) is 3.66. The van der Waals surface area contributed by atoms with Crippen LogP contribution in [0.2, 0.25) is 0 Å². The number of ether oxygens (including phenoxy) is 1. The third kappa shape index (κ3) is 5.69. The first kappa shape index (κ1) is 22.8. The van der Waals surface area contributed by atoms with Gasteiger partial charge in [0, 0.05) is 23.1 Å². The van der Waals surface area contributed by atoms with E-state index in [0.29, 0.717) is 34.9 Å². The van der Waals surface area contributed by atoms with Gasteiger partial charge in [-0.3, -0.25) is 14.3 Å². The molecule has 0 saturated heterocycles. The first-order valence-electron chi connectivity index (χ1n) is 11.0. The van der Waals surface area contributed by atoms with Crippen LogP contribution in [-0.2, 0) is 11.3 Å². The lowest BCUT2D eigenvalue weighted by molar-refractivity contribution is -0.118. The van der Waals surface area contributed by atoms with Gasteiger partial charge in [0.15, 0.2) is 6.61 Å². The summed E-state index contributed by atoms with van der Waals surface area (Å²) in [5.74, 6) is -0.0276. The third-order valence-corrected chi connectivity index (χ3v) is 5.30. The topological polar surface area (TPSA) is 85.2 Å². The summed E-state index contributed by atoms with van der Waals surface area (Å²) < 4.78 is 7.44. The average Bonchev–Trinajstić information content (AvgIpc) is 3.12. The number of anilines is 2. The maximum atomic E-state index is 13.0. The first-order valence-corrected chi connectivity index (χ1v) is 11.0. The molecule has 1 aromatic heterocycles. The minimum atomic E-state index is -0.266. The van der Waals surface area contributed by atoms with Crippen LogP contribution in [0.4, 0.5) is 11.4 Å². The van der Waals surface area contributed by atoms with Gasteiger partial charge in [-0.25, -0.2) is 0 Å². The van der Waals surface area contributed by atoms with Crippen LogP contribution in [0.5, 0.6) is 5.75 Å². The second-order valence-corrected chi connectivity index (χ2v) is 7.87. The highest BCUT2D eigenvalue weighted by molar-refractivity contribution is 6.06. The lowest BCUT2D eigenvalue weighted by Crippen LogP contribution is -2.20. The smallest absolute Gasteiger partial charge is 0.262 e. The standard InChI is InChI=1S/C27H26N4O3/c1-19-26(20(2)31(30-19)17-21-10-5-3-6-11-21)27(33)29-23-14-9-15-24(16-23)34-18-25(32)28-22-12-7-4-8-13-22/h3-16H,17-18H2,1-2H3,(H,28,32)(H,29,33). The van der Waals surface area contributed by atoms with Crippen molar-refractivity contribution in [2.75, 3.05) is 17.2 Å². The molecule has 0 atom stereocenters. The van der Waals surface area contributed by atoms with Crippen LogP contribution in [0.15, 0.2) is 84.9 Å². The monoisotopic (exact) mass is 454 g/mol. The Kier molecular flexibility index (Phi) is 7.03. The summed E-state index contributed by atoms with van der Waals surface area (Å²) >= 11 is 0. The Morgan fingerprint density at radius 1 is 0.853 bits per heavy atom. The fraction of sp³-hybridized carbons (Fsp3) is 0.148.